The number of phosphoric ester groups is 1. The number of aryl methyl sites for hydroxylation is 1. The van der Waals surface area contributed by atoms with E-state index < -0.39 is 13.2 Å². The van der Waals surface area contributed by atoms with Crippen molar-refractivity contribution in [1.82, 2.24) is 14.9 Å². The fourth-order valence-corrected chi connectivity index (χ4v) is 3.59. The number of nitrogen functional groups attached to an aromatic ring is 1. The highest BCUT2D eigenvalue weighted by atomic mass is 32.2. The van der Waals surface area contributed by atoms with E-state index in [0.29, 0.717) is 34.8 Å². The first-order chi connectivity index (χ1) is 13.8. The molecule has 0 aliphatic rings. The van der Waals surface area contributed by atoms with Crippen molar-refractivity contribution >= 4 is 36.9 Å². The third-order valence-electron chi connectivity index (χ3n) is 4.56. The van der Waals surface area contributed by atoms with E-state index in [1.165, 1.54) is 11.1 Å². The molecule has 168 valence electrons. The van der Waals surface area contributed by atoms with Crippen LogP contribution in [-0.4, -0.2) is 42.8 Å². The van der Waals surface area contributed by atoms with Crippen molar-refractivity contribution in [2.45, 2.75) is 54.0 Å². The van der Waals surface area contributed by atoms with Gasteiger partial charge in [0.2, 0.25) is 6.41 Å². The Morgan fingerprint density at radius 1 is 1.43 bits per heavy atom. The SMILES string of the molecule is CCC(C)(C)C(=O)S/C(CCOP(=O)(O)O)=C(/C)N(C=O)Cc1cnc(C)nc1N. The van der Waals surface area contributed by atoms with Crippen LogP contribution in [0.1, 0.15) is 51.9 Å². The first-order valence-corrected chi connectivity index (χ1v) is 11.6. The van der Waals surface area contributed by atoms with Crippen molar-refractivity contribution in [1.29, 1.82) is 0 Å². The molecule has 0 aromatic carbocycles. The zero-order valence-electron chi connectivity index (χ0n) is 17.8. The average molecular weight is 460 g/mol. The average Bonchev–Trinajstić information content (AvgIpc) is 2.65. The lowest BCUT2D eigenvalue weighted by Gasteiger charge is -2.25. The topological polar surface area (TPSA) is 156 Å². The minimum atomic E-state index is -4.65. The Balaban J connectivity index is 3.20. The second kappa shape index (κ2) is 11.0. The molecule has 10 nitrogen and oxygen atoms in total. The molecular weight excluding hydrogens is 431 g/mol. The second-order valence-corrected chi connectivity index (χ2v) is 9.58. The quantitative estimate of drug-likeness (QED) is 0.331. The van der Waals surface area contributed by atoms with Crippen molar-refractivity contribution in [3.8, 4) is 0 Å². The van der Waals surface area contributed by atoms with E-state index in [1.54, 1.807) is 13.8 Å². The second-order valence-electron chi connectivity index (χ2n) is 7.27. The van der Waals surface area contributed by atoms with Crippen LogP contribution in [-0.2, 0) is 25.2 Å². The first kappa shape index (κ1) is 26.3. The van der Waals surface area contributed by atoms with Crippen LogP contribution in [0.4, 0.5) is 5.82 Å². The molecule has 0 aliphatic heterocycles. The van der Waals surface area contributed by atoms with Gasteiger partial charge in [-0.1, -0.05) is 32.5 Å². The smallest absolute Gasteiger partial charge is 0.383 e. The molecule has 1 rings (SSSR count). The number of rotatable bonds is 11. The Hall–Kier alpha value is -1.78. The maximum atomic E-state index is 12.7. The number of nitrogens with two attached hydrogens (primary N) is 1. The Morgan fingerprint density at radius 2 is 2.07 bits per heavy atom. The molecule has 30 heavy (non-hydrogen) atoms. The number of carbonyl (C=O) groups excluding carboxylic acids is 2. The van der Waals surface area contributed by atoms with Gasteiger partial charge in [-0.05, 0) is 20.3 Å². The van der Waals surface area contributed by atoms with E-state index >= 15 is 0 Å². The predicted molar refractivity (Wildman–Crippen MR) is 115 cm³/mol. The van der Waals surface area contributed by atoms with Gasteiger partial charge in [0.15, 0.2) is 5.12 Å². The van der Waals surface area contributed by atoms with Gasteiger partial charge in [-0.2, -0.15) is 0 Å². The van der Waals surface area contributed by atoms with Crippen LogP contribution >= 0.6 is 19.6 Å². The van der Waals surface area contributed by atoms with E-state index in [-0.39, 0.29) is 30.5 Å². The van der Waals surface area contributed by atoms with E-state index in [2.05, 4.69) is 14.5 Å². The highest BCUT2D eigenvalue weighted by Crippen LogP contribution is 2.39. The van der Waals surface area contributed by atoms with Gasteiger partial charge >= 0.3 is 7.82 Å². The molecule has 0 saturated heterocycles. The standard InChI is InChI=1S/C18H29N4O6PS/c1-6-18(4,5)17(24)30-15(7-8-28-29(25,26)27)12(2)22(11-23)10-14-9-20-13(3)21-16(14)19/h9,11H,6-8,10H2,1-5H3,(H2,19,20,21)(H2,25,26,27)/b15-12-. The van der Waals surface area contributed by atoms with Crippen molar-refractivity contribution in [2.24, 2.45) is 5.41 Å². The number of carbonyl (C=O) groups is 2. The van der Waals surface area contributed by atoms with Crippen molar-refractivity contribution in [2.75, 3.05) is 12.3 Å². The summed E-state index contributed by atoms with van der Waals surface area (Å²) in [4.78, 5) is 52.3. The molecule has 1 heterocycles. The molecule has 0 saturated carbocycles. The van der Waals surface area contributed by atoms with Gasteiger partial charge in [-0.25, -0.2) is 14.5 Å². The largest absolute Gasteiger partial charge is 0.469 e. The van der Waals surface area contributed by atoms with Crippen molar-refractivity contribution in [3.63, 3.8) is 0 Å². The number of aromatic nitrogens is 2. The summed E-state index contributed by atoms with van der Waals surface area (Å²) in [6.07, 6.45) is 2.76. The van der Waals surface area contributed by atoms with Crippen LogP contribution < -0.4 is 5.73 Å². The molecule has 0 radical (unpaired) electrons. The zero-order chi connectivity index (χ0) is 23.1. The summed E-state index contributed by atoms with van der Waals surface area (Å²) < 4.78 is 15.5. The number of amides is 1. The molecule has 1 aromatic heterocycles. The molecule has 0 spiro atoms. The molecule has 4 N–H and O–H groups in total. The fourth-order valence-electron chi connectivity index (χ4n) is 2.17. The maximum absolute atomic E-state index is 12.7. The number of thioether (sulfide) groups is 1. The van der Waals surface area contributed by atoms with Gasteiger partial charge in [-0.15, -0.1) is 0 Å². The van der Waals surface area contributed by atoms with Gasteiger partial charge in [0.05, 0.1) is 13.2 Å². The van der Waals surface area contributed by atoms with E-state index in [9.17, 15) is 14.2 Å². The summed E-state index contributed by atoms with van der Waals surface area (Å²) in [6, 6.07) is 0. The Bertz CT molecular complexity index is 855. The normalized spacial score (nSPS) is 13.0. The van der Waals surface area contributed by atoms with E-state index in [4.69, 9.17) is 15.5 Å². The summed E-state index contributed by atoms with van der Waals surface area (Å²) in [7, 11) is -4.65. The summed E-state index contributed by atoms with van der Waals surface area (Å²) in [6.45, 7) is 8.61. The summed E-state index contributed by atoms with van der Waals surface area (Å²) in [5, 5.41) is -0.125. The minimum Gasteiger partial charge on any atom is -0.383 e. The van der Waals surface area contributed by atoms with Crippen LogP contribution in [0.15, 0.2) is 16.8 Å². The highest BCUT2D eigenvalue weighted by Gasteiger charge is 2.28. The maximum Gasteiger partial charge on any atom is 0.469 e. The van der Waals surface area contributed by atoms with Crippen LogP contribution in [0.5, 0.6) is 0 Å². The Labute approximate surface area is 180 Å². The molecule has 1 amide bonds. The lowest BCUT2D eigenvalue weighted by Crippen LogP contribution is -2.24. The fraction of sp³-hybridized carbons (Fsp3) is 0.556. The van der Waals surface area contributed by atoms with E-state index in [0.717, 1.165) is 11.8 Å². The molecule has 0 fully saturated rings. The monoisotopic (exact) mass is 460 g/mol. The summed E-state index contributed by atoms with van der Waals surface area (Å²) in [5.74, 6) is 0.740. The molecule has 0 unspecified atom stereocenters. The highest BCUT2D eigenvalue weighted by molar-refractivity contribution is 8.17. The van der Waals surface area contributed by atoms with Gasteiger partial charge < -0.3 is 20.4 Å². The zero-order valence-corrected chi connectivity index (χ0v) is 19.5. The summed E-state index contributed by atoms with van der Waals surface area (Å²) in [5.41, 5.74) is 6.28. The molecule has 12 heteroatoms. The number of anilines is 1. The molecule has 1 aromatic rings. The van der Waals surface area contributed by atoms with E-state index in [1.807, 2.05) is 20.8 Å². The van der Waals surface area contributed by atoms with Crippen molar-refractivity contribution in [3.05, 3.63) is 28.2 Å². The number of allylic oxidation sites excluding steroid dienone is 1. The minimum absolute atomic E-state index is 0.0391. The number of nitrogens with zero attached hydrogens (tertiary/aromatic N) is 3. The molecular formula is C18H29N4O6PS. The lowest BCUT2D eigenvalue weighted by atomic mass is 9.92. The lowest BCUT2D eigenvalue weighted by molar-refractivity contribution is -0.118. The van der Waals surface area contributed by atoms with Crippen LogP contribution in [0, 0.1) is 12.3 Å². The number of phosphoric acid groups is 1. The Morgan fingerprint density at radius 3 is 2.57 bits per heavy atom. The Kier molecular flexibility index (Phi) is 9.64. The number of hydrogen-bond donors (Lipinski definition) is 3. The van der Waals surface area contributed by atoms with Crippen molar-refractivity contribution < 1.29 is 28.5 Å². The third-order valence-corrected chi connectivity index (χ3v) is 6.56. The van der Waals surface area contributed by atoms with Gasteiger partial charge in [0.25, 0.3) is 0 Å². The van der Waals surface area contributed by atoms with Crippen LogP contribution in [0.25, 0.3) is 0 Å². The van der Waals surface area contributed by atoms with Gasteiger partial charge in [0, 0.05) is 34.2 Å². The van der Waals surface area contributed by atoms with Crippen LogP contribution in [0.2, 0.25) is 0 Å². The number of hydrogen-bond acceptors (Lipinski definition) is 8. The first-order valence-electron chi connectivity index (χ1n) is 9.22. The summed E-state index contributed by atoms with van der Waals surface area (Å²) >= 11 is 0.941. The van der Waals surface area contributed by atoms with Gasteiger partial charge in [0.1, 0.15) is 11.6 Å². The van der Waals surface area contributed by atoms with Crippen LogP contribution in [0.3, 0.4) is 0 Å². The molecule has 0 atom stereocenters. The third kappa shape index (κ3) is 8.16. The van der Waals surface area contributed by atoms with Gasteiger partial charge in [-0.3, -0.25) is 14.1 Å². The predicted octanol–water partition coefficient (Wildman–Crippen LogP) is 2.75. The molecule has 0 aliphatic carbocycles. The molecule has 0 bridgehead atoms.